The highest BCUT2D eigenvalue weighted by atomic mass is 16.2. The van der Waals surface area contributed by atoms with Crippen molar-refractivity contribution in [1.29, 1.82) is 0 Å². The van der Waals surface area contributed by atoms with Crippen molar-refractivity contribution in [2.24, 2.45) is 0 Å². The number of nitrogens with one attached hydrogen (secondary N) is 2. The maximum Gasteiger partial charge on any atom is 0.290 e. The molecule has 1 saturated carbocycles. The first kappa shape index (κ1) is 13.8. The maximum absolute atomic E-state index is 11.9. The molecule has 1 fully saturated rings. The predicted octanol–water partition coefficient (Wildman–Crippen LogP) is 1.32. The Morgan fingerprint density at radius 3 is 2.95 bits per heavy atom. The third kappa shape index (κ3) is 3.29. The minimum atomic E-state index is -0.216. The molecule has 7 heteroatoms. The van der Waals surface area contributed by atoms with Gasteiger partial charge >= 0.3 is 0 Å². The van der Waals surface area contributed by atoms with Crippen LogP contribution in [-0.2, 0) is 6.54 Å². The molecule has 0 bridgehead atoms. The van der Waals surface area contributed by atoms with Crippen LogP contribution in [0.2, 0.25) is 0 Å². The zero-order valence-corrected chi connectivity index (χ0v) is 12.4. The lowest BCUT2D eigenvalue weighted by atomic mass is 10.3. The van der Waals surface area contributed by atoms with Crippen LogP contribution < -0.4 is 5.32 Å². The minimum Gasteiger partial charge on any atom is -0.349 e. The van der Waals surface area contributed by atoms with Gasteiger partial charge in [0.1, 0.15) is 5.82 Å². The fourth-order valence-corrected chi connectivity index (χ4v) is 2.33. The molecule has 7 nitrogen and oxygen atoms in total. The topological polar surface area (TPSA) is 88.5 Å². The second kappa shape index (κ2) is 5.67. The molecular weight excluding hydrogens is 268 g/mol. The number of carbonyl (C=O) groups is 1. The molecule has 1 aliphatic rings. The van der Waals surface area contributed by atoms with Crippen LogP contribution in [0.4, 0.5) is 0 Å². The molecule has 112 valence electrons. The van der Waals surface area contributed by atoms with Crippen LogP contribution in [0.25, 0.3) is 0 Å². The molecule has 2 heterocycles. The van der Waals surface area contributed by atoms with Gasteiger partial charge in [0.2, 0.25) is 5.82 Å². The number of aryl methyl sites for hydroxylation is 3. The average molecular weight is 288 g/mol. The molecule has 3 rings (SSSR count). The summed E-state index contributed by atoms with van der Waals surface area (Å²) >= 11 is 0. The van der Waals surface area contributed by atoms with E-state index in [-0.39, 0.29) is 11.7 Å². The molecule has 0 aromatic carbocycles. The third-order valence-electron chi connectivity index (χ3n) is 3.61. The fourth-order valence-electron chi connectivity index (χ4n) is 2.33. The molecule has 0 atom stereocenters. The molecule has 1 aliphatic carbocycles. The summed E-state index contributed by atoms with van der Waals surface area (Å²) in [7, 11) is 0. The number of H-pyrrole nitrogens is 1. The number of amides is 1. The normalized spacial score (nSPS) is 14.4. The summed E-state index contributed by atoms with van der Waals surface area (Å²) in [5.74, 6) is 1.34. The molecule has 0 spiro atoms. The summed E-state index contributed by atoms with van der Waals surface area (Å²) in [4.78, 5) is 16.1. The maximum atomic E-state index is 11.9. The number of rotatable bonds is 6. The highest BCUT2D eigenvalue weighted by Gasteiger charge is 2.28. The summed E-state index contributed by atoms with van der Waals surface area (Å²) in [5.41, 5.74) is 2.16. The highest BCUT2D eigenvalue weighted by Crippen LogP contribution is 2.37. The van der Waals surface area contributed by atoms with Crippen LogP contribution in [-0.4, -0.2) is 37.4 Å². The second-order valence-electron chi connectivity index (χ2n) is 5.58. The molecule has 0 saturated heterocycles. The van der Waals surface area contributed by atoms with Crippen molar-refractivity contribution in [3.05, 3.63) is 29.1 Å². The van der Waals surface area contributed by atoms with Crippen molar-refractivity contribution >= 4 is 5.91 Å². The Morgan fingerprint density at radius 2 is 2.29 bits per heavy atom. The molecule has 2 aromatic rings. The molecule has 21 heavy (non-hydrogen) atoms. The monoisotopic (exact) mass is 288 g/mol. The lowest BCUT2D eigenvalue weighted by Gasteiger charge is -2.05. The van der Waals surface area contributed by atoms with E-state index in [0.29, 0.717) is 12.5 Å². The first-order valence-corrected chi connectivity index (χ1v) is 7.35. The van der Waals surface area contributed by atoms with E-state index < -0.39 is 0 Å². The van der Waals surface area contributed by atoms with E-state index in [4.69, 9.17) is 0 Å². The predicted molar refractivity (Wildman–Crippen MR) is 77.0 cm³/mol. The van der Waals surface area contributed by atoms with Crippen molar-refractivity contribution in [2.45, 2.75) is 45.6 Å². The lowest BCUT2D eigenvalue weighted by Crippen LogP contribution is -2.26. The summed E-state index contributed by atoms with van der Waals surface area (Å²) in [6.45, 7) is 5.39. The van der Waals surface area contributed by atoms with E-state index in [1.54, 1.807) is 0 Å². The second-order valence-corrected chi connectivity index (χ2v) is 5.58. The Labute approximate surface area is 123 Å². The van der Waals surface area contributed by atoms with E-state index in [0.717, 1.165) is 43.0 Å². The molecule has 2 N–H and O–H groups in total. The summed E-state index contributed by atoms with van der Waals surface area (Å²) in [6, 6.07) is 2.05. The van der Waals surface area contributed by atoms with Gasteiger partial charge in [-0.25, -0.2) is 4.98 Å². The Bertz CT molecular complexity index is 640. The Kier molecular flexibility index (Phi) is 3.72. The van der Waals surface area contributed by atoms with Gasteiger partial charge in [0.05, 0.1) is 5.69 Å². The van der Waals surface area contributed by atoms with Crippen LogP contribution in [0, 0.1) is 13.8 Å². The molecule has 2 aromatic heterocycles. The van der Waals surface area contributed by atoms with E-state index >= 15 is 0 Å². The van der Waals surface area contributed by atoms with E-state index in [1.807, 2.05) is 24.6 Å². The molecule has 0 unspecified atom stereocenters. The SMILES string of the molecule is Cc1cc(C)n(CCCNC(=O)c2n[nH]c(C3CC3)n2)n1. The van der Waals surface area contributed by atoms with Gasteiger partial charge in [-0.3, -0.25) is 14.6 Å². The standard InChI is InChI=1S/C14H20N6O/c1-9-8-10(2)20(19-9)7-3-6-15-14(21)13-16-12(17-18-13)11-4-5-11/h8,11H,3-7H2,1-2H3,(H,15,21)(H,16,17,18). The smallest absolute Gasteiger partial charge is 0.290 e. The minimum absolute atomic E-state index is 0.216. The third-order valence-corrected chi connectivity index (χ3v) is 3.61. The van der Waals surface area contributed by atoms with Crippen molar-refractivity contribution in [2.75, 3.05) is 6.54 Å². The zero-order valence-electron chi connectivity index (χ0n) is 12.4. The fraction of sp³-hybridized carbons (Fsp3) is 0.571. The number of carbonyl (C=O) groups excluding carboxylic acids is 1. The van der Waals surface area contributed by atoms with Crippen LogP contribution in [0.5, 0.6) is 0 Å². The summed E-state index contributed by atoms with van der Waals surface area (Å²) in [6.07, 6.45) is 3.10. The summed E-state index contributed by atoms with van der Waals surface area (Å²) < 4.78 is 1.96. The van der Waals surface area contributed by atoms with Crippen LogP contribution in [0.15, 0.2) is 6.07 Å². The van der Waals surface area contributed by atoms with Crippen LogP contribution in [0.3, 0.4) is 0 Å². The molecule has 0 radical (unpaired) electrons. The van der Waals surface area contributed by atoms with Gasteiger partial charge in [0.15, 0.2) is 0 Å². The number of aromatic amines is 1. The quantitative estimate of drug-likeness (QED) is 0.785. The number of hydrogen-bond donors (Lipinski definition) is 2. The van der Waals surface area contributed by atoms with Crippen molar-refractivity contribution in [1.82, 2.24) is 30.3 Å². The van der Waals surface area contributed by atoms with E-state index in [2.05, 4.69) is 25.6 Å². The van der Waals surface area contributed by atoms with Crippen molar-refractivity contribution in [3.63, 3.8) is 0 Å². The highest BCUT2D eigenvalue weighted by molar-refractivity contribution is 5.90. The average Bonchev–Trinajstić information content (AvgIpc) is 3.09. The van der Waals surface area contributed by atoms with Gasteiger partial charge in [-0.1, -0.05) is 0 Å². The molecule has 0 aliphatic heterocycles. The van der Waals surface area contributed by atoms with Gasteiger partial charge in [0, 0.05) is 24.7 Å². The van der Waals surface area contributed by atoms with Gasteiger partial charge in [-0.05, 0) is 39.2 Å². The van der Waals surface area contributed by atoms with E-state index in [1.165, 1.54) is 0 Å². The van der Waals surface area contributed by atoms with Gasteiger partial charge < -0.3 is 5.32 Å². The largest absolute Gasteiger partial charge is 0.349 e. The van der Waals surface area contributed by atoms with Crippen LogP contribution in [0.1, 0.15) is 53.0 Å². The van der Waals surface area contributed by atoms with Gasteiger partial charge in [-0.2, -0.15) is 5.10 Å². The summed E-state index contributed by atoms with van der Waals surface area (Å²) in [5, 5.41) is 14.0. The van der Waals surface area contributed by atoms with E-state index in [9.17, 15) is 4.79 Å². The van der Waals surface area contributed by atoms with Crippen molar-refractivity contribution < 1.29 is 4.79 Å². The lowest BCUT2D eigenvalue weighted by molar-refractivity contribution is 0.0942. The van der Waals surface area contributed by atoms with Gasteiger partial charge in [0.25, 0.3) is 5.91 Å². The molecular formula is C14H20N6O. The zero-order chi connectivity index (χ0) is 14.8. The Balaban J connectivity index is 1.44. The van der Waals surface area contributed by atoms with Crippen LogP contribution >= 0.6 is 0 Å². The molecule has 1 amide bonds. The number of aromatic nitrogens is 5. The Morgan fingerprint density at radius 1 is 1.48 bits per heavy atom. The first-order valence-electron chi connectivity index (χ1n) is 7.35. The number of nitrogens with zero attached hydrogens (tertiary/aromatic N) is 4. The number of hydrogen-bond acceptors (Lipinski definition) is 4. The van der Waals surface area contributed by atoms with Crippen molar-refractivity contribution in [3.8, 4) is 0 Å². The first-order chi connectivity index (χ1) is 10.1. The van der Waals surface area contributed by atoms with Gasteiger partial charge in [-0.15, -0.1) is 5.10 Å². The Hall–Kier alpha value is -2.18.